The van der Waals surface area contributed by atoms with Gasteiger partial charge in [-0.1, -0.05) is 30.3 Å². The van der Waals surface area contributed by atoms with Crippen LogP contribution in [0.3, 0.4) is 0 Å². The normalized spacial score (nSPS) is 19.2. The van der Waals surface area contributed by atoms with Crippen LogP contribution in [0.15, 0.2) is 30.3 Å². The van der Waals surface area contributed by atoms with Crippen molar-refractivity contribution in [3.05, 3.63) is 35.9 Å². The number of hydrogen-bond acceptors (Lipinski definition) is 3. The standard InChI is InChI=1S/C15H23N3O/c1-17-15(14(16)19,13-7-3-2-4-8-13)9-12-18-10-5-6-11-18/h2-4,7-8,17H,5-6,9-12H2,1H3,(H2,16,19). The van der Waals surface area contributed by atoms with Crippen molar-refractivity contribution >= 4 is 5.91 Å². The highest BCUT2D eigenvalue weighted by Crippen LogP contribution is 2.25. The van der Waals surface area contributed by atoms with Crippen LogP contribution < -0.4 is 11.1 Å². The number of nitrogens with one attached hydrogen (secondary N) is 1. The number of amides is 1. The SMILES string of the molecule is CNC(CCN1CCCC1)(C(N)=O)c1ccccc1. The largest absolute Gasteiger partial charge is 0.368 e. The maximum atomic E-state index is 12.0. The molecule has 4 heteroatoms. The summed E-state index contributed by atoms with van der Waals surface area (Å²) in [5, 5.41) is 3.15. The molecule has 104 valence electrons. The molecule has 1 aliphatic heterocycles. The van der Waals surface area contributed by atoms with Crippen molar-refractivity contribution in [1.82, 2.24) is 10.2 Å². The summed E-state index contributed by atoms with van der Waals surface area (Å²) < 4.78 is 0. The van der Waals surface area contributed by atoms with Gasteiger partial charge in [-0.2, -0.15) is 0 Å². The summed E-state index contributed by atoms with van der Waals surface area (Å²) in [6.07, 6.45) is 3.23. The third-order valence-electron chi connectivity index (χ3n) is 4.12. The summed E-state index contributed by atoms with van der Waals surface area (Å²) in [6, 6.07) is 9.77. The number of nitrogens with two attached hydrogens (primary N) is 1. The zero-order valence-corrected chi connectivity index (χ0v) is 11.6. The first-order chi connectivity index (χ1) is 9.19. The van der Waals surface area contributed by atoms with Crippen molar-refractivity contribution in [2.75, 3.05) is 26.7 Å². The average molecular weight is 261 g/mol. The van der Waals surface area contributed by atoms with E-state index < -0.39 is 5.54 Å². The Morgan fingerprint density at radius 3 is 2.47 bits per heavy atom. The number of hydrogen-bond donors (Lipinski definition) is 2. The van der Waals surface area contributed by atoms with E-state index in [2.05, 4.69) is 10.2 Å². The van der Waals surface area contributed by atoms with Crippen LogP contribution in [0.1, 0.15) is 24.8 Å². The summed E-state index contributed by atoms with van der Waals surface area (Å²) in [5.41, 5.74) is 5.87. The van der Waals surface area contributed by atoms with Gasteiger partial charge in [0.05, 0.1) is 0 Å². The average Bonchev–Trinajstić information content (AvgIpc) is 2.94. The zero-order chi connectivity index (χ0) is 13.7. The van der Waals surface area contributed by atoms with E-state index in [1.54, 1.807) is 0 Å². The molecule has 1 saturated heterocycles. The van der Waals surface area contributed by atoms with Crippen molar-refractivity contribution in [3.8, 4) is 0 Å². The van der Waals surface area contributed by atoms with E-state index in [0.717, 1.165) is 25.2 Å². The Morgan fingerprint density at radius 2 is 1.95 bits per heavy atom. The molecule has 1 fully saturated rings. The van der Waals surface area contributed by atoms with Crippen LogP contribution in [0.4, 0.5) is 0 Å². The van der Waals surface area contributed by atoms with E-state index in [1.807, 2.05) is 37.4 Å². The zero-order valence-electron chi connectivity index (χ0n) is 11.6. The molecule has 1 amide bonds. The minimum absolute atomic E-state index is 0.305. The number of carbonyl (C=O) groups excluding carboxylic acids is 1. The van der Waals surface area contributed by atoms with Gasteiger partial charge in [-0.25, -0.2) is 0 Å². The van der Waals surface area contributed by atoms with Gasteiger partial charge in [-0.05, 0) is 45.0 Å². The highest BCUT2D eigenvalue weighted by atomic mass is 16.1. The Morgan fingerprint density at radius 1 is 1.32 bits per heavy atom. The van der Waals surface area contributed by atoms with Gasteiger partial charge in [0.2, 0.25) is 5.91 Å². The monoisotopic (exact) mass is 261 g/mol. The van der Waals surface area contributed by atoms with Crippen LogP contribution in [0.25, 0.3) is 0 Å². The number of likely N-dealkylation sites (N-methyl/N-ethyl adjacent to an activating group) is 1. The Bertz CT molecular complexity index is 415. The number of rotatable bonds is 6. The van der Waals surface area contributed by atoms with E-state index in [4.69, 9.17) is 5.73 Å². The molecule has 1 aromatic carbocycles. The number of nitrogens with zero attached hydrogens (tertiary/aromatic N) is 1. The van der Waals surface area contributed by atoms with Crippen LogP contribution in [0, 0.1) is 0 Å². The summed E-state index contributed by atoms with van der Waals surface area (Å²) in [6.45, 7) is 3.17. The van der Waals surface area contributed by atoms with Crippen molar-refractivity contribution < 1.29 is 4.79 Å². The summed E-state index contributed by atoms with van der Waals surface area (Å²) >= 11 is 0. The van der Waals surface area contributed by atoms with Crippen molar-refractivity contribution in [3.63, 3.8) is 0 Å². The molecular formula is C15H23N3O. The maximum absolute atomic E-state index is 12.0. The second-order valence-corrected chi connectivity index (χ2v) is 5.18. The topological polar surface area (TPSA) is 58.4 Å². The highest BCUT2D eigenvalue weighted by Gasteiger charge is 2.37. The first-order valence-corrected chi connectivity index (χ1v) is 6.96. The lowest BCUT2D eigenvalue weighted by Gasteiger charge is -2.32. The predicted molar refractivity (Wildman–Crippen MR) is 76.7 cm³/mol. The smallest absolute Gasteiger partial charge is 0.242 e. The molecule has 1 atom stereocenters. The number of carbonyl (C=O) groups is 1. The summed E-state index contributed by atoms with van der Waals surface area (Å²) in [7, 11) is 1.81. The minimum atomic E-state index is -0.760. The summed E-state index contributed by atoms with van der Waals surface area (Å²) in [5.74, 6) is -0.305. The van der Waals surface area contributed by atoms with E-state index in [9.17, 15) is 4.79 Å². The van der Waals surface area contributed by atoms with Crippen LogP contribution in [-0.4, -0.2) is 37.5 Å². The Balaban J connectivity index is 2.16. The third-order valence-corrected chi connectivity index (χ3v) is 4.12. The molecular weight excluding hydrogens is 238 g/mol. The molecule has 4 nitrogen and oxygen atoms in total. The predicted octanol–water partition coefficient (Wildman–Crippen LogP) is 1.07. The van der Waals surface area contributed by atoms with Gasteiger partial charge in [0.1, 0.15) is 5.54 Å². The second-order valence-electron chi connectivity index (χ2n) is 5.18. The van der Waals surface area contributed by atoms with Crippen molar-refractivity contribution in [2.45, 2.75) is 24.8 Å². The van der Waals surface area contributed by atoms with Crippen LogP contribution in [0.5, 0.6) is 0 Å². The molecule has 0 aromatic heterocycles. The molecule has 0 spiro atoms. The highest BCUT2D eigenvalue weighted by molar-refractivity contribution is 5.86. The van der Waals surface area contributed by atoms with Crippen LogP contribution in [-0.2, 0) is 10.3 Å². The number of primary amides is 1. The number of benzene rings is 1. The van der Waals surface area contributed by atoms with Gasteiger partial charge in [-0.3, -0.25) is 4.79 Å². The maximum Gasteiger partial charge on any atom is 0.242 e. The summed E-state index contributed by atoms with van der Waals surface area (Å²) in [4.78, 5) is 14.4. The lowest BCUT2D eigenvalue weighted by atomic mass is 9.85. The number of likely N-dealkylation sites (tertiary alicyclic amines) is 1. The fourth-order valence-corrected chi connectivity index (χ4v) is 2.86. The Labute approximate surface area is 115 Å². The molecule has 0 bridgehead atoms. The third kappa shape index (κ3) is 2.96. The van der Waals surface area contributed by atoms with Gasteiger partial charge >= 0.3 is 0 Å². The molecule has 0 saturated carbocycles. The van der Waals surface area contributed by atoms with Gasteiger partial charge in [-0.15, -0.1) is 0 Å². The Hall–Kier alpha value is -1.39. The minimum Gasteiger partial charge on any atom is -0.368 e. The molecule has 2 rings (SSSR count). The fraction of sp³-hybridized carbons (Fsp3) is 0.533. The van der Waals surface area contributed by atoms with E-state index in [-0.39, 0.29) is 5.91 Å². The van der Waals surface area contributed by atoms with Crippen LogP contribution in [0.2, 0.25) is 0 Å². The van der Waals surface area contributed by atoms with E-state index in [0.29, 0.717) is 6.42 Å². The van der Waals surface area contributed by atoms with Gasteiger partial charge < -0.3 is 16.0 Å². The molecule has 0 aliphatic carbocycles. The lowest BCUT2D eigenvalue weighted by Crippen LogP contribution is -2.52. The molecule has 1 heterocycles. The Kier molecular flexibility index (Phi) is 4.56. The van der Waals surface area contributed by atoms with Gasteiger partial charge in [0.25, 0.3) is 0 Å². The molecule has 0 radical (unpaired) electrons. The van der Waals surface area contributed by atoms with Gasteiger partial charge in [0.15, 0.2) is 0 Å². The molecule has 1 aromatic rings. The lowest BCUT2D eigenvalue weighted by molar-refractivity contribution is -0.125. The first kappa shape index (κ1) is 14.0. The van der Waals surface area contributed by atoms with Crippen molar-refractivity contribution in [2.24, 2.45) is 5.73 Å². The van der Waals surface area contributed by atoms with Crippen LogP contribution >= 0.6 is 0 Å². The molecule has 19 heavy (non-hydrogen) atoms. The van der Waals surface area contributed by atoms with Gasteiger partial charge in [0, 0.05) is 6.54 Å². The molecule has 3 N–H and O–H groups in total. The van der Waals surface area contributed by atoms with E-state index in [1.165, 1.54) is 12.8 Å². The van der Waals surface area contributed by atoms with E-state index >= 15 is 0 Å². The molecule has 1 unspecified atom stereocenters. The van der Waals surface area contributed by atoms with Crippen molar-refractivity contribution in [1.29, 1.82) is 0 Å². The first-order valence-electron chi connectivity index (χ1n) is 6.96. The quantitative estimate of drug-likeness (QED) is 0.805. The fourth-order valence-electron chi connectivity index (χ4n) is 2.86. The molecule has 1 aliphatic rings. The second kappa shape index (κ2) is 6.17.